The quantitative estimate of drug-likeness (QED) is 0.207. The molecule has 1 fully saturated rings. The maximum absolute atomic E-state index is 13.1. The van der Waals surface area contributed by atoms with Gasteiger partial charge in [0.05, 0.1) is 16.5 Å². The lowest BCUT2D eigenvalue weighted by Gasteiger charge is -2.28. The van der Waals surface area contributed by atoms with E-state index in [4.69, 9.17) is 9.47 Å². The average Bonchev–Trinajstić information content (AvgIpc) is 3.41. The summed E-state index contributed by atoms with van der Waals surface area (Å²) in [6, 6.07) is 9.52. The number of carbonyl (C=O) groups is 2. The first-order chi connectivity index (χ1) is 16.3. The van der Waals surface area contributed by atoms with Crippen LogP contribution in [0.3, 0.4) is 0 Å². The molecule has 1 amide bonds. The summed E-state index contributed by atoms with van der Waals surface area (Å²) in [6.07, 6.45) is 0. The van der Waals surface area contributed by atoms with Gasteiger partial charge in [-0.1, -0.05) is 13.8 Å². The Hall–Kier alpha value is -3.92. The van der Waals surface area contributed by atoms with Crippen LogP contribution in [-0.4, -0.2) is 64.5 Å². The summed E-state index contributed by atoms with van der Waals surface area (Å²) < 4.78 is 10.7. The Kier molecular flexibility index (Phi) is 6.51. The van der Waals surface area contributed by atoms with E-state index in [0.717, 1.165) is 13.1 Å². The van der Waals surface area contributed by atoms with E-state index in [1.54, 1.807) is 18.2 Å². The molecule has 2 aliphatic rings. The van der Waals surface area contributed by atoms with Gasteiger partial charge in [0, 0.05) is 30.8 Å². The number of fused-ring (bicyclic) bond motifs is 1. The monoisotopic (exact) mass is 467 g/mol. The van der Waals surface area contributed by atoms with Gasteiger partial charge in [-0.25, -0.2) is 0 Å². The molecule has 0 saturated carbocycles. The molecule has 178 valence electrons. The number of rotatable bonds is 8. The molecule has 2 heterocycles. The van der Waals surface area contributed by atoms with Gasteiger partial charge in [-0.15, -0.1) is 0 Å². The van der Waals surface area contributed by atoms with Gasteiger partial charge >= 0.3 is 0 Å². The lowest BCUT2D eigenvalue weighted by molar-refractivity contribution is -0.384. The number of hydrogen-bond donors (Lipinski definition) is 1. The average molecular weight is 467 g/mol. The zero-order valence-corrected chi connectivity index (χ0v) is 18.9. The number of non-ortho nitro benzene ring substituents is 1. The fraction of sp³-hybridized carbons (Fsp3) is 0.333. The number of benzene rings is 2. The molecule has 4 rings (SSSR count). The van der Waals surface area contributed by atoms with Gasteiger partial charge in [0.1, 0.15) is 5.76 Å². The topological polar surface area (TPSA) is 122 Å². The summed E-state index contributed by atoms with van der Waals surface area (Å²) in [4.78, 5) is 40.3. The van der Waals surface area contributed by atoms with E-state index >= 15 is 0 Å². The molecule has 1 saturated heterocycles. The van der Waals surface area contributed by atoms with Gasteiger partial charge in [0.2, 0.25) is 6.79 Å². The van der Waals surface area contributed by atoms with Crippen molar-refractivity contribution in [2.75, 3.05) is 33.0 Å². The second kappa shape index (κ2) is 9.52. The number of Topliss-reactive ketones (excluding diaryl/α,β-unsaturated/α-hetero) is 1. The molecule has 10 nitrogen and oxygen atoms in total. The summed E-state index contributed by atoms with van der Waals surface area (Å²) in [6.45, 7) is 6.41. The standard InChI is InChI=1S/C24H25N3O7/c1-3-25(4-2)11-12-26-21(15-5-8-17(9-6-15)27(31)32)20(23(29)24(26)30)22(28)16-7-10-18-19(13-16)34-14-33-18/h5-10,13,21,28H,3-4,11-12,14H2,1-2H3/b22-20+. The predicted molar refractivity (Wildman–Crippen MR) is 122 cm³/mol. The van der Waals surface area contributed by atoms with Crippen molar-refractivity contribution in [2.24, 2.45) is 0 Å². The smallest absolute Gasteiger partial charge is 0.295 e. The van der Waals surface area contributed by atoms with Crippen LogP contribution in [0.2, 0.25) is 0 Å². The fourth-order valence-electron chi connectivity index (χ4n) is 4.22. The van der Waals surface area contributed by atoms with Gasteiger partial charge in [0.25, 0.3) is 17.4 Å². The number of nitrogens with zero attached hydrogens (tertiary/aromatic N) is 3. The van der Waals surface area contributed by atoms with Crippen molar-refractivity contribution in [2.45, 2.75) is 19.9 Å². The van der Waals surface area contributed by atoms with Crippen molar-refractivity contribution >= 4 is 23.1 Å². The molecular weight excluding hydrogens is 442 g/mol. The van der Waals surface area contributed by atoms with Crippen molar-refractivity contribution < 1.29 is 29.1 Å². The van der Waals surface area contributed by atoms with Crippen LogP contribution in [0.15, 0.2) is 48.0 Å². The van der Waals surface area contributed by atoms with Gasteiger partial charge in [-0.2, -0.15) is 0 Å². The van der Waals surface area contributed by atoms with Crippen LogP contribution in [0.4, 0.5) is 5.69 Å². The minimum Gasteiger partial charge on any atom is -0.507 e. The number of aliphatic hydroxyl groups is 1. The molecule has 1 N–H and O–H groups in total. The van der Waals surface area contributed by atoms with E-state index in [9.17, 15) is 24.8 Å². The number of nitro groups is 1. The van der Waals surface area contributed by atoms with Crippen LogP contribution in [0.25, 0.3) is 5.76 Å². The molecule has 2 aliphatic heterocycles. The Bertz CT molecular complexity index is 1160. The van der Waals surface area contributed by atoms with Crippen molar-refractivity contribution in [1.29, 1.82) is 0 Å². The molecule has 0 aromatic heterocycles. The number of carbonyl (C=O) groups excluding carboxylic acids is 2. The van der Waals surface area contributed by atoms with E-state index in [0.29, 0.717) is 29.2 Å². The van der Waals surface area contributed by atoms with Crippen molar-refractivity contribution in [1.82, 2.24) is 9.80 Å². The van der Waals surface area contributed by atoms with Gasteiger partial charge in [-0.3, -0.25) is 19.7 Å². The van der Waals surface area contributed by atoms with Crippen molar-refractivity contribution in [3.05, 3.63) is 69.3 Å². The molecule has 10 heteroatoms. The van der Waals surface area contributed by atoms with Gasteiger partial charge < -0.3 is 24.4 Å². The number of likely N-dealkylation sites (N-methyl/N-ethyl adjacent to an activating group) is 1. The Morgan fingerprint density at radius 3 is 2.44 bits per heavy atom. The Morgan fingerprint density at radius 2 is 1.79 bits per heavy atom. The van der Waals surface area contributed by atoms with Gasteiger partial charge in [0.15, 0.2) is 11.5 Å². The summed E-state index contributed by atoms with van der Waals surface area (Å²) in [7, 11) is 0. The maximum atomic E-state index is 13.1. The van der Waals surface area contributed by atoms with E-state index < -0.39 is 22.7 Å². The SMILES string of the molecule is CCN(CC)CCN1C(=O)C(=O)/C(=C(/O)c2ccc3c(c2)OCO3)C1c1ccc([N+](=O)[O-])cc1. The fourth-order valence-corrected chi connectivity index (χ4v) is 4.22. The highest BCUT2D eigenvalue weighted by Gasteiger charge is 2.46. The minimum absolute atomic E-state index is 0.0537. The number of amides is 1. The van der Waals surface area contributed by atoms with Crippen LogP contribution < -0.4 is 9.47 Å². The second-order valence-corrected chi connectivity index (χ2v) is 7.94. The molecule has 34 heavy (non-hydrogen) atoms. The zero-order valence-electron chi connectivity index (χ0n) is 18.9. The van der Waals surface area contributed by atoms with Crippen molar-refractivity contribution in [3.63, 3.8) is 0 Å². The summed E-state index contributed by atoms with van der Waals surface area (Å²) in [5, 5.41) is 22.3. The number of ketones is 1. The molecule has 2 aromatic carbocycles. The second-order valence-electron chi connectivity index (χ2n) is 7.94. The highest BCUT2D eigenvalue weighted by atomic mass is 16.7. The van der Waals surface area contributed by atoms with E-state index in [1.807, 2.05) is 13.8 Å². The van der Waals surface area contributed by atoms with Gasteiger partial charge in [-0.05, 0) is 49.0 Å². The molecule has 1 atom stereocenters. The highest BCUT2D eigenvalue weighted by Crippen LogP contribution is 2.41. The van der Waals surface area contributed by atoms with E-state index in [2.05, 4.69) is 4.90 Å². The van der Waals surface area contributed by atoms with Crippen LogP contribution in [-0.2, 0) is 9.59 Å². The number of likely N-dealkylation sites (tertiary alicyclic amines) is 1. The molecule has 0 radical (unpaired) electrons. The molecule has 0 aliphatic carbocycles. The summed E-state index contributed by atoms with van der Waals surface area (Å²) >= 11 is 0. The molecule has 2 aromatic rings. The molecular formula is C24H25N3O7. The predicted octanol–water partition coefficient (Wildman–Crippen LogP) is 3.09. The highest BCUT2D eigenvalue weighted by molar-refractivity contribution is 6.46. The third-order valence-electron chi connectivity index (χ3n) is 6.16. The molecule has 0 spiro atoms. The van der Waals surface area contributed by atoms with Crippen LogP contribution >= 0.6 is 0 Å². The third kappa shape index (κ3) is 4.19. The zero-order chi connectivity index (χ0) is 24.4. The minimum atomic E-state index is -0.887. The van der Waals surface area contributed by atoms with Crippen molar-refractivity contribution in [3.8, 4) is 11.5 Å². The summed E-state index contributed by atoms with van der Waals surface area (Å²) in [5.41, 5.74) is 0.612. The first-order valence-corrected chi connectivity index (χ1v) is 11.0. The van der Waals surface area contributed by atoms with Crippen LogP contribution in [0.5, 0.6) is 11.5 Å². The first kappa shape index (κ1) is 23.2. The first-order valence-electron chi connectivity index (χ1n) is 11.0. The van der Waals surface area contributed by atoms with E-state index in [-0.39, 0.29) is 30.4 Å². The Balaban J connectivity index is 1.79. The Morgan fingerprint density at radius 1 is 1.12 bits per heavy atom. The Labute approximate surface area is 196 Å². The normalized spacial score (nSPS) is 18.7. The number of nitro benzene ring substituents is 1. The van der Waals surface area contributed by atoms with Crippen LogP contribution in [0.1, 0.15) is 31.0 Å². The maximum Gasteiger partial charge on any atom is 0.295 e. The van der Waals surface area contributed by atoms with E-state index in [1.165, 1.54) is 29.2 Å². The van der Waals surface area contributed by atoms with Crippen LogP contribution in [0, 0.1) is 10.1 Å². The molecule has 0 bridgehead atoms. The lowest BCUT2D eigenvalue weighted by atomic mass is 9.95. The lowest BCUT2D eigenvalue weighted by Crippen LogP contribution is -2.38. The number of ether oxygens (including phenoxy) is 2. The largest absolute Gasteiger partial charge is 0.507 e. The molecule has 1 unspecified atom stereocenters. The summed E-state index contributed by atoms with van der Waals surface area (Å²) in [5.74, 6) is -0.934. The number of aliphatic hydroxyl groups excluding tert-OH is 1. The number of hydrogen-bond acceptors (Lipinski definition) is 8. The third-order valence-corrected chi connectivity index (χ3v) is 6.16.